The van der Waals surface area contributed by atoms with Crippen molar-refractivity contribution in [3.05, 3.63) is 71.1 Å². The molecular weight excluding hydrogens is 386 g/mol. The molecule has 1 amide bonds. The molecule has 4 aromatic rings. The van der Waals surface area contributed by atoms with E-state index < -0.39 is 0 Å². The summed E-state index contributed by atoms with van der Waals surface area (Å²) in [5.41, 5.74) is 2.29. The van der Waals surface area contributed by atoms with Gasteiger partial charge in [-0.2, -0.15) is 0 Å². The molecule has 0 aliphatic carbocycles. The van der Waals surface area contributed by atoms with E-state index in [9.17, 15) is 4.79 Å². The lowest BCUT2D eigenvalue weighted by atomic mass is 10.1. The van der Waals surface area contributed by atoms with Gasteiger partial charge in [-0.25, -0.2) is 4.98 Å². The molecule has 150 valence electrons. The van der Waals surface area contributed by atoms with E-state index in [1.165, 1.54) is 5.56 Å². The van der Waals surface area contributed by atoms with Crippen LogP contribution >= 0.6 is 11.3 Å². The first-order valence-electron chi connectivity index (χ1n) is 9.79. The minimum Gasteiger partial charge on any atom is -0.425 e. The van der Waals surface area contributed by atoms with Gasteiger partial charge in [-0.15, -0.1) is 21.5 Å². The van der Waals surface area contributed by atoms with Gasteiger partial charge >= 0.3 is 0 Å². The molecule has 0 spiro atoms. The van der Waals surface area contributed by atoms with Gasteiger partial charge in [-0.3, -0.25) is 9.20 Å². The van der Waals surface area contributed by atoms with Crippen molar-refractivity contribution in [3.63, 3.8) is 0 Å². The Labute approximate surface area is 172 Å². The van der Waals surface area contributed by atoms with E-state index in [-0.39, 0.29) is 5.91 Å². The highest BCUT2D eigenvalue weighted by Gasteiger charge is 2.09. The number of amides is 1. The minimum absolute atomic E-state index is 0.0187. The van der Waals surface area contributed by atoms with Crippen molar-refractivity contribution < 1.29 is 9.21 Å². The average molecular weight is 410 g/mol. The van der Waals surface area contributed by atoms with Gasteiger partial charge < -0.3 is 9.73 Å². The number of aryl methyl sites for hydroxylation is 3. The van der Waals surface area contributed by atoms with E-state index >= 15 is 0 Å². The summed E-state index contributed by atoms with van der Waals surface area (Å²) in [6, 6.07) is 10.3. The fourth-order valence-electron chi connectivity index (χ4n) is 3.11. The maximum absolute atomic E-state index is 12.0. The number of fused-ring (bicyclic) bond motifs is 1. The van der Waals surface area contributed by atoms with E-state index in [1.807, 2.05) is 40.4 Å². The normalized spacial score (nSPS) is 11.2. The largest absolute Gasteiger partial charge is 0.425 e. The molecule has 3 aromatic heterocycles. The first-order valence-corrected chi connectivity index (χ1v) is 10.7. The van der Waals surface area contributed by atoms with Gasteiger partial charge in [-0.05, 0) is 18.4 Å². The summed E-state index contributed by atoms with van der Waals surface area (Å²) in [7, 11) is 0. The molecule has 4 rings (SSSR count). The Morgan fingerprint density at radius 1 is 1.07 bits per heavy atom. The predicted octanol–water partition coefficient (Wildman–Crippen LogP) is 3.25. The quantitative estimate of drug-likeness (QED) is 0.435. The third kappa shape index (κ3) is 5.51. The molecule has 0 fully saturated rings. The van der Waals surface area contributed by atoms with Crippen molar-refractivity contribution in [2.24, 2.45) is 0 Å². The number of thiazole rings is 1. The lowest BCUT2D eigenvalue weighted by molar-refractivity contribution is -0.121. The van der Waals surface area contributed by atoms with Gasteiger partial charge in [0, 0.05) is 50.0 Å². The van der Waals surface area contributed by atoms with Crippen LogP contribution in [0.5, 0.6) is 0 Å². The van der Waals surface area contributed by atoms with E-state index in [0.717, 1.165) is 29.9 Å². The van der Waals surface area contributed by atoms with Gasteiger partial charge in [0.25, 0.3) is 0 Å². The van der Waals surface area contributed by atoms with Crippen molar-refractivity contribution in [1.82, 2.24) is 24.9 Å². The van der Waals surface area contributed by atoms with E-state index in [4.69, 9.17) is 4.42 Å². The van der Waals surface area contributed by atoms with Crippen LogP contribution in [0.25, 0.3) is 4.96 Å². The van der Waals surface area contributed by atoms with Crippen molar-refractivity contribution >= 4 is 22.2 Å². The van der Waals surface area contributed by atoms with Gasteiger partial charge in [0.05, 0.1) is 5.69 Å². The summed E-state index contributed by atoms with van der Waals surface area (Å²) in [5, 5.41) is 13.1. The van der Waals surface area contributed by atoms with Crippen molar-refractivity contribution in [3.8, 4) is 0 Å². The Morgan fingerprint density at radius 2 is 1.90 bits per heavy atom. The van der Waals surface area contributed by atoms with Gasteiger partial charge in [-0.1, -0.05) is 30.3 Å². The molecular formula is C21H23N5O2S. The summed E-state index contributed by atoms with van der Waals surface area (Å²) >= 11 is 1.60. The number of nitrogens with zero attached hydrogens (tertiary/aromatic N) is 4. The molecule has 0 unspecified atom stereocenters. The molecule has 0 saturated carbocycles. The fourth-order valence-corrected chi connectivity index (χ4v) is 3.83. The van der Waals surface area contributed by atoms with Crippen LogP contribution in [-0.2, 0) is 30.5 Å². The molecule has 0 aliphatic heterocycles. The van der Waals surface area contributed by atoms with Crippen LogP contribution in [0.2, 0.25) is 0 Å². The highest BCUT2D eigenvalue weighted by atomic mass is 32.1. The summed E-state index contributed by atoms with van der Waals surface area (Å²) in [4.78, 5) is 17.5. The maximum Gasteiger partial charge on any atom is 0.220 e. The Morgan fingerprint density at radius 3 is 2.72 bits per heavy atom. The summed E-state index contributed by atoms with van der Waals surface area (Å²) in [5.74, 6) is 1.13. The monoisotopic (exact) mass is 409 g/mol. The first-order chi connectivity index (χ1) is 14.3. The zero-order chi connectivity index (χ0) is 19.9. The van der Waals surface area contributed by atoms with Crippen LogP contribution in [0.1, 0.15) is 35.9 Å². The van der Waals surface area contributed by atoms with Crippen molar-refractivity contribution in [2.45, 2.75) is 38.5 Å². The third-order valence-electron chi connectivity index (χ3n) is 4.62. The average Bonchev–Trinajstić information content (AvgIpc) is 3.44. The molecule has 0 aliphatic rings. The zero-order valence-electron chi connectivity index (χ0n) is 16.1. The maximum atomic E-state index is 12.0. The Bertz CT molecular complexity index is 1020. The number of rotatable bonds is 10. The van der Waals surface area contributed by atoms with E-state index in [1.54, 1.807) is 11.3 Å². The van der Waals surface area contributed by atoms with E-state index in [2.05, 4.69) is 32.6 Å². The third-order valence-corrected chi connectivity index (χ3v) is 5.39. The molecule has 29 heavy (non-hydrogen) atoms. The van der Waals surface area contributed by atoms with Gasteiger partial charge in [0.15, 0.2) is 4.96 Å². The molecule has 0 atom stereocenters. The number of nitrogens with one attached hydrogen (secondary N) is 1. The van der Waals surface area contributed by atoms with Crippen LogP contribution in [0.15, 0.2) is 52.5 Å². The topological polar surface area (TPSA) is 85.3 Å². The van der Waals surface area contributed by atoms with Crippen LogP contribution in [0, 0.1) is 0 Å². The number of hydrogen-bond acceptors (Lipinski definition) is 6. The molecule has 7 nitrogen and oxygen atoms in total. The Hall–Kier alpha value is -3.00. The standard InChI is InChI=1S/C21H23N5O2S/c27-18(22-12-11-17-15-26-13-14-29-21(26)23-17)9-10-20-25-24-19(28-20)8-4-7-16-5-2-1-3-6-16/h1-3,5-6,13-15H,4,7-12H2,(H,22,27). The predicted molar refractivity (Wildman–Crippen MR) is 111 cm³/mol. The second-order valence-electron chi connectivity index (χ2n) is 6.85. The number of hydrogen-bond donors (Lipinski definition) is 1. The van der Waals surface area contributed by atoms with Gasteiger partial charge in [0.2, 0.25) is 17.7 Å². The van der Waals surface area contributed by atoms with Crippen molar-refractivity contribution in [1.29, 1.82) is 0 Å². The summed E-state index contributed by atoms with van der Waals surface area (Å²) in [6.07, 6.45) is 8.17. The second kappa shape index (κ2) is 9.47. The zero-order valence-corrected chi connectivity index (χ0v) is 16.9. The fraction of sp³-hybridized carbons (Fsp3) is 0.333. The van der Waals surface area contributed by atoms with E-state index in [0.29, 0.717) is 37.6 Å². The number of carbonyl (C=O) groups excluding carboxylic acids is 1. The Balaban J connectivity index is 1.13. The number of benzene rings is 1. The highest BCUT2D eigenvalue weighted by Crippen LogP contribution is 2.11. The number of imidazole rings is 1. The minimum atomic E-state index is -0.0187. The molecule has 0 saturated heterocycles. The van der Waals surface area contributed by atoms with Crippen LogP contribution in [0.4, 0.5) is 0 Å². The van der Waals surface area contributed by atoms with Crippen molar-refractivity contribution in [2.75, 3.05) is 6.54 Å². The highest BCUT2D eigenvalue weighted by molar-refractivity contribution is 7.15. The molecule has 1 N–H and O–H groups in total. The first kappa shape index (κ1) is 19.3. The molecule has 1 aromatic carbocycles. The molecule has 3 heterocycles. The molecule has 0 radical (unpaired) electrons. The molecule has 8 heteroatoms. The smallest absolute Gasteiger partial charge is 0.220 e. The van der Waals surface area contributed by atoms with Crippen LogP contribution < -0.4 is 5.32 Å². The number of aromatic nitrogens is 4. The number of carbonyl (C=O) groups is 1. The SMILES string of the molecule is O=C(CCc1nnc(CCCc2ccccc2)o1)NCCc1cn2ccsc2n1. The lowest BCUT2D eigenvalue weighted by Crippen LogP contribution is -2.26. The summed E-state index contributed by atoms with van der Waals surface area (Å²) in [6.45, 7) is 0.568. The van der Waals surface area contributed by atoms with Crippen LogP contribution in [0.3, 0.4) is 0 Å². The Kier molecular flexibility index (Phi) is 6.31. The van der Waals surface area contributed by atoms with Crippen LogP contribution in [-0.4, -0.2) is 32.0 Å². The summed E-state index contributed by atoms with van der Waals surface area (Å²) < 4.78 is 7.65. The van der Waals surface area contributed by atoms with Gasteiger partial charge in [0.1, 0.15) is 0 Å². The second-order valence-corrected chi connectivity index (χ2v) is 7.73. The lowest BCUT2D eigenvalue weighted by Gasteiger charge is -2.02. The molecule has 0 bridgehead atoms.